The molecule has 0 aliphatic carbocycles. The first kappa shape index (κ1) is 14.7. The van der Waals surface area contributed by atoms with Gasteiger partial charge in [0.2, 0.25) is 0 Å². The number of piperidine rings is 1. The molecule has 1 aliphatic rings. The van der Waals surface area contributed by atoms with Crippen molar-refractivity contribution < 1.29 is 0 Å². The van der Waals surface area contributed by atoms with Gasteiger partial charge in [-0.15, -0.1) is 0 Å². The van der Waals surface area contributed by atoms with Crippen molar-refractivity contribution in [1.82, 2.24) is 5.32 Å². The topological polar surface area (TPSA) is 15.3 Å². The molecule has 0 amide bonds. The average molecular weight is 281 g/mol. The summed E-state index contributed by atoms with van der Waals surface area (Å²) in [7, 11) is 1.98. The van der Waals surface area contributed by atoms with Crippen molar-refractivity contribution >= 4 is 17.3 Å². The summed E-state index contributed by atoms with van der Waals surface area (Å²) in [4.78, 5) is 2.52. The Bertz CT molecular complexity index is 398. The first-order valence-electron chi connectivity index (χ1n) is 7.42. The van der Waals surface area contributed by atoms with Crippen LogP contribution >= 0.6 is 11.6 Å². The predicted molar refractivity (Wildman–Crippen MR) is 84.1 cm³/mol. The minimum Gasteiger partial charge on any atom is -0.371 e. The molecule has 0 radical (unpaired) electrons. The van der Waals surface area contributed by atoms with E-state index >= 15 is 0 Å². The van der Waals surface area contributed by atoms with Crippen LogP contribution in [0.4, 0.5) is 5.69 Å². The highest BCUT2D eigenvalue weighted by Crippen LogP contribution is 2.29. The molecule has 106 valence electrons. The third-order valence-corrected chi connectivity index (χ3v) is 4.30. The SMILES string of the molecule is CCCC1CCN(c2ccc(Cl)cc2CNC)CC1. The first-order chi connectivity index (χ1) is 9.24. The summed E-state index contributed by atoms with van der Waals surface area (Å²) >= 11 is 6.11. The van der Waals surface area contributed by atoms with Crippen LogP contribution in [0.5, 0.6) is 0 Å². The molecule has 3 heteroatoms. The van der Waals surface area contributed by atoms with E-state index in [0.29, 0.717) is 0 Å². The molecule has 0 atom stereocenters. The standard InChI is InChI=1S/C16H25ClN2/c1-3-4-13-7-9-19(10-8-13)16-6-5-15(17)11-14(16)12-18-2/h5-6,11,13,18H,3-4,7-10,12H2,1-2H3. The zero-order valence-electron chi connectivity index (χ0n) is 12.1. The van der Waals surface area contributed by atoms with Gasteiger partial charge in [-0.25, -0.2) is 0 Å². The van der Waals surface area contributed by atoms with E-state index in [1.807, 2.05) is 13.1 Å². The van der Waals surface area contributed by atoms with Crippen LogP contribution in [0.25, 0.3) is 0 Å². The summed E-state index contributed by atoms with van der Waals surface area (Å²) < 4.78 is 0. The maximum atomic E-state index is 6.11. The van der Waals surface area contributed by atoms with Crippen molar-refractivity contribution in [2.45, 2.75) is 39.2 Å². The summed E-state index contributed by atoms with van der Waals surface area (Å²) in [5.41, 5.74) is 2.66. The highest BCUT2D eigenvalue weighted by atomic mass is 35.5. The van der Waals surface area contributed by atoms with Crippen LogP contribution in [0.1, 0.15) is 38.2 Å². The van der Waals surface area contributed by atoms with Crippen molar-refractivity contribution in [3.05, 3.63) is 28.8 Å². The fourth-order valence-electron chi connectivity index (χ4n) is 3.07. The van der Waals surface area contributed by atoms with Crippen LogP contribution in [-0.2, 0) is 6.54 Å². The highest BCUT2D eigenvalue weighted by molar-refractivity contribution is 6.30. The van der Waals surface area contributed by atoms with Crippen LogP contribution in [-0.4, -0.2) is 20.1 Å². The molecular weight excluding hydrogens is 256 g/mol. The van der Waals surface area contributed by atoms with E-state index in [-0.39, 0.29) is 0 Å². The minimum atomic E-state index is 0.829. The van der Waals surface area contributed by atoms with Gasteiger partial charge in [0.05, 0.1) is 0 Å². The zero-order valence-corrected chi connectivity index (χ0v) is 12.8. The molecule has 0 bridgehead atoms. The number of anilines is 1. The van der Waals surface area contributed by atoms with Gasteiger partial charge in [-0.05, 0) is 49.6 Å². The minimum absolute atomic E-state index is 0.829. The monoisotopic (exact) mass is 280 g/mol. The Balaban J connectivity index is 2.06. The Hall–Kier alpha value is -0.730. The molecule has 0 aromatic heterocycles. The summed E-state index contributed by atoms with van der Waals surface area (Å²) in [5.74, 6) is 0.932. The summed E-state index contributed by atoms with van der Waals surface area (Å²) in [6, 6.07) is 6.27. The molecule has 1 N–H and O–H groups in total. The number of nitrogens with one attached hydrogen (secondary N) is 1. The normalized spacial score (nSPS) is 16.9. The number of hydrogen-bond acceptors (Lipinski definition) is 2. The Morgan fingerprint density at radius 2 is 2.05 bits per heavy atom. The van der Waals surface area contributed by atoms with Crippen LogP contribution in [0.3, 0.4) is 0 Å². The van der Waals surface area contributed by atoms with Gasteiger partial charge in [-0.2, -0.15) is 0 Å². The van der Waals surface area contributed by atoms with Crippen molar-refractivity contribution in [2.75, 3.05) is 25.0 Å². The molecule has 1 fully saturated rings. The van der Waals surface area contributed by atoms with Crippen LogP contribution < -0.4 is 10.2 Å². The number of halogens is 1. The fraction of sp³-hybridized carbons (Fsp3) is 0.625. The summed E-state index contributed by atoms with van der Waals surface area (Å²) in [5, 5.41) is 4.06. The third kappa shape index (κ3) is 3.87. The lowest BCUT2D eigenvalue weighted by molar-refractivity contribution is 0.378. The van der Waals surface area contributed by atoms with Gasteiger partial charge in [0.25, 0.3) is 0 Å². The Labute approximate surface area is 122 Å². The third-order valence-electron chi connectivity index (χ3n) is 4.06. The maximum absolute atomic E-state index is 6.11. The van der Waals surface area contributed by atoms with E-state index in [2.05, 4.69) is 29.3 Å². The molecule has 19 heavy (non-hydrogen) atoms. The lowest BCUT2D eigenvalue weighted by Gasteiger charge is -2.35. The molecule has 0 unspecified atom stereocenters. The molecule has 1 saturated heterocycles. The van der Waals surface area contributed by atoms with E-state index < -0.39 is 0 Å². The molecule has 1 aromatic carbocycles. The number of benzene rings is 1. The molecule has 1 aliphatic heterocycles. The van der Waals surface area contributed by atoms with Crippen molar-refractivity contribution in [3.8, 4) is 0 Å². The van der Waals surface area contributed by atoms with Crippen LogP contribution in [0, 0.1) is 5.92 Å². The molecular formula is C16H25ClN2. The van der Waals surface area contributed by atoms with Gasteiger partial charge in [0.1, 0.15) is 0 Å². The van der Waals surface area contributed by atoms with Crippen LogP contribution in [0.2, 0.25) is 5.02 Å². The number of hydrogen-bond donors (Lipinski definition) is 1. The number of rotatable bonds is 5. The van der Waals surface area contributed by atoms with E-state index in [9.17, 15) is 0 Å². The van der Waals surface area contributed by atoms with Gasteiger partial charge in [0.15, 0.2) is 0 Å². The van der Waals surface area contributed by atoms with E-state index in [1.165, 1.54) is 50.0 Å². The Morgan fingerprint density at radius 3 is 2.68 bits per heavy atom. The highest BCUT2D eigenvalue weighted by Gasteiger charge is 2.20. The second kappa shape index (κ2) is 7.16. The fourth-order valence-corrected chi connectivity index (χ4v) is 3.26. The zero-order chi connectivity index (χ0) is 13.7. The quantitative estimate of drug-likeness (QED) is 0.874. The average Bonchev–Trinajstić information content (AvgIpc) is 2.41. The smallest absolute Gasteiger partial charge is 0.0412 e. The molecule has 1 aromatic rings. The molecule has 1 heterocycles. The largest absolute Gasteiger partial charge is 0.371 e. The van der Waals surface area contributed by atoms with Gasteiger partial charge in [-0.3, -0.25) is 0 Å². The number of nitrogens with zero attached hydrogens (tertiary/aromatic N) is 1. The second-order valence-electron chi connectivity index (χ2n) is 5.52. The lowest BCUT2D eigenvalue weighted by Crippen LogP contribution is -2.34. The van der Waals surface area contributed by atoms with Crippen LogP contribution in [0.15, 0.2) is 18.2 Å². The van der Waals surface area contributed by atoms with E-state index in [0.717, 1.165) is 17.5 Å². The summed E-state index contributed by atoms with van der Waals surface area (Å²) in [6.07, 6.45) is 5.36. The molecule has 0 saturated carbocycles. The van der Waals surface area contributed by atoms with Gasteiger partial charge in [0, 0.05) is 30.3 Å². The second-order valence-corrected chi connectivity index (χ2v) is 5.96. The predicted octanol–water partition coefficient (Wildman–Crippen LogP) is 4.08. The summed E-state index contributed by atoms with van der Waals surface area (Å²) in [6.45, 7) is 5.54. The van der Waals surface area contributed by atoms with E-state index in [1.54, 1.807) is 0 Å². The Kier molecular flexibility index (Phi) is 5.53. The van der Waals surface area contributed by atoms with Crippen molar-refractivity contribution in [2.24, 2.45) is 5.92 Å². The first-order valence-corrected chi connectivity index (χ1v) is 7.80. The molecule has 2 nitrogen and oxygen atoms in total. The van der Waals surface area contributed by atoms with Crippen molar-refractivity contribution in [3.63, 3.8) is 0 Å². The maximum Gasteiger partial charge on any atom is 0.0412 e. The lowest BCUT2D eigenvalue weighted by atomic mass is 9.92. The Morgan fingerprint density at radius 1 is 1.32 bits per heavy atom. The van der Waals surface area contributed by atoms with Gasteiger partial charge in [-0.1, -0.05) is 31.4 Å². The van der Waals surface area contributed by atoms with E-state index in [4.69, 9.17) is 11.6 Å². The molecule has 0 spiro atoms. The van der Waals surface area contributed by atoms with Gasteiger partial charge < -0.3 is 10.2 Å². The van der Waals surface area contributed by atoms with Crippen molar-refractivity contribution in [1.29, 1.82) is 0 Å². The molecule has 2 rings (SSSR count). The van der Waals surface area contributed by atoms with Gasteiger partial charge >= 0.3 is 0 Å².